The van der Waals surface area contributed by atoms with Crippen molar-refractivity contribution < 1.29 is 0 Å². The number of hydrogen-bond donors (Lipinski definition) is 0. The van der Waals surface area contributed by atoms with Crippen molar-refractivity contribution in [2.24, 2.45) is 0 Å². The molecule has 3 nitrogen and oxygen atoms in total. The predicted octanol–water partition coefficient (Wildman–Crippen LogP) is 3.25. The van der Waals surface area contributed by atoms with Gasteiger partial charge in [-0.3, -0.25) is 0 Å². The van der Waals surface area contributed by atoms with Gasteiger partial charge in [-0.05, 0) is 45.6 Å². The van der Waals surface area contributed by atoms with E-state index >= 15 is 0 Å². The van der Waals surface area contributed by atoms with Crippen LogP contribution in [0.4, 0.5) is 0 Å². The third kappa shape index (κ3) is 3.10. The highest BCUT2D eigenvalue weighted by Gasteiger charge is 2.16. The van der Waals surface area contributed by atoms with Crippen molar-refractivity contribution in [3.8, 4) is 0 Å². The zero-order valence-electron chi connectivity index (χ0n) is 12.2. The summed E-state index contributed by atoms with van der Waals surface area (Å²) >= 11 is 5.91. The molecule has 1 heterocycles. The van der Waals surface area contributed by atoms with E-state index in [-0.39, 0.29) is 0 Å². The van der Waals surface area contributed by atoms with Crippen LogP contribution < -0.4 is 0 Å². The second-order valence-electron chi connectivity index (χ2n) is 5.44. The molecule has 0 bridgehead atoms. The first-order chi connectivity index (χ1) is 9.02. The van der Waals surface area contributed by atoms with E-state index in [2.05, 4.69) is 55.6 Å². The summed E-state index contributed by atoms with van der Waals surface area (Å²) in [5.74, 6) is 1.70. The largest absolute Gasteiger partial charge is 0.324 e. The van der Waals surface area contributed by atoms with Gasteiger partial charge in [0.25, 0.3) is 0 Å². The van der Waals surface area contributed by atoms with Crippen LogP contribution in [-0.4, -0.2) is 41.0 Å². The number of likely N-dealkylation sites (N-methyl/N-ethyl adjacent to an activating group) is 1. The molecule has 4 heteroatoms. The van der Waals surface area contributed by atoms with Crippen LogP contribution in [0.25, 0.3) is 11.0 Å². The van der Waals surface area contributed by atoms with E-state index in [9.17, 15) is 0 Å². The molecule has 0 spiro atoms. The van der Waals surface area contributed by atoms with Crippen LogP contribution in [0.15, 0.2) is 18.2 Å². The highest BCUT2D eigenvalue weighted by molar-refractivity contribution is 6.17. The van der Waals surface area contributed by atoms with Gasteiger partial charge in [0.1, 0.15) is 5.82 Å². The number of rotatable bonds is 5. The van der Waals surface area contributed by atoms with Gasteiger partial charge in [-0.25, -0.2) is 4.98 Å². The van der Waals surface area contributed by atoms with E-state index in [1.54, 1.807) is 0 Å². The smallest absolute Gasteiger partial charge is 0.111 e. The lowest BCUT2D eigenvalue weighted by atomic mass is 10.2. The minimum Gasteiger partial charge on any atom is -0.324 e. The SMILES string of the molecule is Cc1ccc2nc(CCCl)n(C(C)CN(C)C)c2c1. The Balaban J connectivity index is 2.52. The van der Waals surface area contributed by atoms with E-state index in [4.69, 9.17) is 16.6 Å². The van der Waals surface area contributed by atoms with Gasteiger partial charge in [-0.1, -0.05) is 6.07 Å². The average molecular weight is 280 g/mol. The Morgan fingerprint density at radius 2 is 2.11 bits per heavy atom. The van der Waals surface area contributed by atoms with Crippen LogP contribution >= 0.6 is 11.6 Å². The number of halogens is 1. The molecule has 0 aliphatic carbocycles. The second-order valence-corrected chi connectivity index (χ2v) is 5.82. The van der Waals surface area contributed by atoms with Gasteiger partial charge in [0, 0.05) is 24.9 Å². The molecule has 2 rings (SSSR count). The van der Waals surface area contributed by atoms with Gasteiger partial charge in [-0.15, -0.1) is 11.6 Å². The van der Waals surface area contributed by atoms with Crippen molar-refractivity contribution in [1.82, 2.24) is 14.5 Å². The van der Waals surface area contributed by atoms with Crippen LogP contribution in [0.2, 0.25) is 0 Å². The molecular formula is C15H22ClN3. The maximum absolute atomic E-state index is 5.91. The molecule has 19 heavy (non-hydrogen) atoms. The Kier molecular flexibility index (Phi) is 4.48. The summed E-state index contributed by atoms with van der Waals surface area (Å²) in [6.07, 6.45) is 0.813. The van der Waals surface area contributed by atoms with E-state index < -0.39 is 0 Å². The van der Waals surface area contributed by atoms with Crippen molar-refractivity contribution in [2.45, 2.75) is 26.3 Å². The third-order valence-electron chi connectivity index (χ3n) is 3.31. The lowest BCUT2D eigenvalue weighted by Crippen LogP contribution is -2.23. The highest BCUT2D eigenvalue weighted by atomic mass is 35.5. The lowest BCUT2D eigenvalue weighted by molar-refractivity contribution is 0.337. The fourth-order valence-corrected chi connectivity index (χ4v) is 2.78. The molecule has 0 saturated carbocycles. The van der Waals surface area contributed by atoms with Crippen molar-refractivity contribution in [3.63, 3.8) is 0 Å². The number of aromatic nitrogens is 2. The van der Waals surface area contributed by atoms with Crippen molar-refractivity contribution in [3.05, 3.63) is 29.6 Å². The van der Waals surface area contributed by atoms with Gasteiger partial charge in [0.15, 0.2) is 0 Å². The number of fused-ring (bicyclic) bond motifs is 1. The molecule has 1 aromatic carbocycles. The lowest BCUT2D eigenvalue weighted by Gasteiger charge is -2.21. The van der Waals surface area contributed by atoms with Gasteiger partial charge < -0.3 is 9.47 Å². The molecular weight excluding hydrogens is 258 g/mol. The average Bonchev–Trinajstić information content (AvgIpc) is 2.65. The van der Waals surface area contributed by atoms with Gasteiger partial charge in [0.2, 0.25) is 0 Å². The Hall–Kier alpha value is -1.06. The Labute approximate surface area is 120 Å². The van der Waals surface area contributed by atoms with E-state index in [0.717, 1.165) is 24.3 Å². The molecule has 1 aromatic heterocycles. The maximum Gasteiger partial charge on any atom is 0.111 e. The van der Waals surface area contributed by atoms with Crippen molar-refractivity contribution >= 4 is 22.6 Å². The summed E-state index contributed by atoms with van der Waals surface area (Å²) in [5.41, 5.74) is 3.55. The normalized spacial score (nSPS) is 13.4. The number of nitrogens with zero attached hydrogens (tertiary/aromatic N) is 3. The predicted molar refractivity (Wildman–Crippen MR) is 82.2 cm³/mol. The first-order valence-electron chi connectivity index (χ1n) is 6.71. The second kappa shape index (κ2) is 5.93. The summed E-state index contributed by atoms with van der Waals surface area (Å²) in [4.78, 5) is 6.94. The zero-order valence-corrected chi connectivity index (χ0v) is 12.9. The standard InChI is InChI=1S/C15H22ClN3/c1-11-5-6-13-14(9-11)19(12(2)10-18(3)4)15(17-13)7-8-16/h5-6,9,12H,7-8,10H2,1-4H3. The fraction of sp³-hybridized carbons (Fsp3) is 0.533. The first-order valence-corrected chi connectivity index (χ1v) is 7.24. The molecule has 0 aliphatic rings. The van der Waals surface area contributed by atoms with Crippen LogP contribution in [-0.2, 0) is 6.42 Å². The van der Waals surface area contributed by atoms with Crippen LogP contribution in [0.5, 0.6) is 0 Å². The van der Waals surface area contributed by atoms with Crippen LogP contribution in [0.3, 0.4) is 0 Å². The molecule has 0 N–H and O–H groups in total. The van der Waals surface area contributed by atoms with Gasteiger partial charge in [0.05, 0.1) is 11.0 Å². The number of imidazole rings is 1. The number of benzene rings is 1. The van der Waals surface area contributed by atoms with Crippen LogP contribution in [0.1, 0.15) is 24.4 Å². The summed E-state index contributed by atoms with van der Waals surface area (Å²) in [7, 11) is 4.20. The summed E-state index contributed by atoms with van der Waals surface area (Å²) in [5, 5.41) is 0. The first kappa shape index (κ1) is 14.4. The molecule has 2 aromatic rings. The molecule has 0 saturated heterocycles. The van der Waals surface area contributed by atoms with E-state index in [1.165, 1.54) is 11.1 Å². The summed E-state index contributed by atoms with van der Waals surface area (Å²) < 4.78 is 2.34. The van der Waals surface area contributed by atoms with E-state index in [1.807, 2.05) is 0 Å². The Morgan fingerprint density at radius 3 is 2.74 bits per heavy atom. The van der Waals surface area contributed by atoms with Crippen LogP contribution in [0, 0.1) is 6.92 Å². The van der Waals surface area contributed by atoms with Gasteiger partial charge >= 0.3 is 0 Å². The molecule has 0 radical (unpaired) electrons. The molecule has 0 fully saturated rings. The highest BCUT2D eigenvalue weighted by Crippen LogP contribution is 2.23. The molecule has 0 aliphatic heterocycles. The number of aryl methyl sites for hydroxylation is 2. The van der Waals surface area contributed by atoms with Crippen molar-refractivity contribution in [2.75, 3.05) is 26.5 Å². The van der Waals surface area contributed by atoms with Crippen molar-refractivity contribution in [1.29, 1.82) is 0 Å². The molecule has 104 valence electrons. The molecule has 1 unspecified atom stereocenters. The Bertz CT molecular complexity index is 560. The maximum atomic E-state index is 5.91. The Morgan fingerprint density at radius 1 is 1.37 bits per heavy atom. The number of alkyl halides is 1. The van der Waals surface area contributed by atoms with E-state index in [0.29, 0.717) is 11.9 Å². The summed E-state index contributed by atoms with van der Waals surface area (Å²) in [6.45, 7) is 5.35. The quantitative estimate of drug-likeness (QED) is 0.784. The minimum absolute atomic E-state index is 0.389. The third-order valence-corrected chi connectivity index (χ3v) is 3.50. The number of hydrogen-bond acceptors (Lipinski definition) is 2. The topological polar surface area (TPSA) is 21.1 Å². The molecule has 0 amide bonds. The summed E-state index contributed by atoms with van der Waals surface area (Å²) in [6, 6.07) is 6.81. The minimum atomic E-state index is 0.389. The van der Waals surface area contributed by atoms with Gasteiger partial charge in [-0.2, -0.15) is 0 Å². The fourth-order valence-electron chi connectivity index (χ4n) is 2.62. The zero-order chi connectivity index (χ0) is 14.0. The molecule has 1 atom stereocenters. The monoisotopic (exact) mass is 279 g/mol.